The van der Waals surface area contributed by atoms with Gasteiger partial charge in [-0.3, -0.25) is 14.4 Å². The molecule has 0 saturated heterocycles. The lowest BCUT2D eigenvalue weighted by Crippen LogP contribution is -2.29. The van der Waals surface area contributed by atoms with Crippen LogP contribution >= 0.6 is 11.8 Å². The number of furan rings is 1. The zero-order valence-electron chi connectivity index (χ0n) is 21.2. The number of primary amides is 1. The van der Waals surface area contributed by atoms with Crippen LogP contribution in [0, 0.1) is 0 Å². The number of nitrogens with two attached hydrogens (primary N) is 1. The Morgan fingerprint density at radius 2 is 2.05 bits per heavy atom. The lowest BCUT2D eigenvalue weighted by Gasteiger charge is -2.18. The van der Waals surface area contributed by atoms with Crippen molar-refractivity contribution in [3.63, 3.8) is 0 Å². The number of pyridine rings is 1. The first-order chi connectivity index (χ1) is 19.4. The van der Waals surface area contributed by atoms with E-state index in [1.807, 2.05) is 24.3 Å². The van der Waals surface area contributed by atoms with Crippen molar-refractivity contribution in [2.45, 2.75) is 18.2 Å². The first-order valence-electron chi connectivity index (χ1n) is 12.3. The number of rotatable bonds is 7. The number of aromatic amines is 2. The predicted molar refractivity (Wildman–Crippen MR) is 149 cm³/mol. The molecule has 12 heteroatoms. The largest absolute Gasteiger partial charge is 0.496 e. The van der Waals surface area contributed by atoms with Crippen LogP contribution in [0.4, 0.5) is 10.5 Å². The number of H-pyrrole nitrogens is 2. The van der Waals surface area contributed by atoms with E-state index in [2.05, 4.69) is 15.0 Å². The monoisotopic (exact) mass is 557 g/mol. The Morgan fingerprint density at radius 1 is 1.18 bits per heavy atom. The van der Waals surface area contributed by atoms with Crippen molar-refractivity contribution in [3.8, 4) is 23.0 Å². The number of thioether (sulfide) groups is 1. The number of anilines is 1. The number of hydrogen-bond donors (Lipinski definition) is 3. The molecule has 40 heavy (non-hydrogen) atoms. The van der Waals surface area contributed by atoms with Crippen LogP contribution < -0.4 is 25.7 Å². The van der Waals surface area contributed by atoms with E-state index in [4.69, 9.17) is 19.6 Å². The number of hydrogen-bond acceptors (Lipinski definition) is 8. The molecule has 3 aromatic heterocycles. The lowest BCUT2D eigenvalue weighted by atomic mass is 10.1. The summed E-state index contributed by atoms with van der Waals surface area (Å²) in [6.07, 6.45) is 3.74. The van der Waals surface area contributed by atoms with Crippen molar-refractivity contribution >= 4 is 39.6 Å². The van der Waals surface area contributed by atoms with Gasteiger partial charge in [-0.05, 0) is 35.7 Å². The maximum atomic E-state index is 13.1. The minimum atomic E-state index is -0.568. The average Bonchev–Trinajstić information content (AvgIpc) is 3.69. The summed E-state index contributed by atoms with van der Waals surface area (Å²) in [5.74, 6) is 1.44. The molecule has 0 bridgehead atoms. The Bertz CT molecular complexity index is 1800. The molecule has 0 aliphatic carbocycles. The summed E-state index contributed by atoms with van der Waals surface area (Å²) >= 11 is 0.792. The highest BCUT2D eigenvalue weighted by molar-refractivity contribution is 8.13. The molecule has 11 nitrogen and oxygen atoms in total. The van der Waals surface area contributed by atoms with E-state index in [0.717, 1.165) is 40.4 Å². The fourth-order valence-corrected chi connectivity index (χ4v) is 5.07. The number of carbonyl (C=O) groups is 2. The van der Waals surface area contributed by atoms with Crippen LogP contribution in [0.15, 0.2) is 75.3 Å². The molecule has 0 unspecified atom stereocenters. The Hall–Kier alpha value is -4.97. The highest BCUT2D eigenvalue weighted by atomic mass is 32.2. The van der Waals surface area contributed by atoms with Gasteiger partial charge in [0.1, 0.15) is 29.4 Å². The average molecular weight is 558 g/mol. The zero-order chi connectivity index (χ0) is 27.8. The van der Waals surface area contributed by atoms with E-state index >= 15 is 0 Å². The van der Waals surface area contributed by atoms with Gasteiger partial charge in [0.2, 0.25) is 5.56 Å². The lowest BCUT2D eigenvalue weighted by molar-refractivity contribution is 0.0989. The number of imidazole rings is 1. The normalized spacial score (nSPS) is 12.5. The van der Waals surface area contributed by atoms with Crippen LogP contribution in [0.3, 0.4) is 0 Å². The number of ether oxygens (including phenoxy) is 2. The second-order valence-electron chi connectivity index (χ2n) is 9.07. The van der Waals surface area contributed by atoms with Gasteiger partial charge in [0.25, 0.3) is 11.1 Å². The van der Waals surface area contributed by atoms with Gasteiger partial charge in [0.15, 0.2) is 10.9 Å². The van der Waals surface area contributed by atoms with E-state index < -0.39 is 5.24 Å². The first kappa shape index (κ1) is 25.3. The van der Waals surface area contributed by atoms with Gasteiger partial charge >= 0.3 is 0 Å². The summed E-state index contributed by atoms with van der Waals surface area (Å²) in [4.78, 5) is 47.1. The van der Waals surface area contributed by atoms with Crippen molar-refractivity contribution in [2.75, 3.05) is 18.6 Å². The van der Waals surface area contributed by atoms with Gasteiger partial charge in [-0.1, -0.05) is 12.1 Å². The van der Waals surface area contributed by atoms with Crippen molar-refractivity contribution < 1.29 is 23.5 Å². The molecule has 0 spiro atoms. The summed E-state index contributed by atoms with van der Waals surface area (Å²) in [6.45, 7) is 0.791. The Labute approximate surface area is 231 Å². The second-order valence-corrected chi connectivity index (χ2v) is 10.1. The predicted octanol–water partition coefficient (Wildman–Crippen LogP) is 4.47. The van der Waals surface area contributed by atoms with Crippen molar-refractivity contribution in [1.29, 1.82) is 0 Å². The topological polar surface area (TPSA) is 157 Å². The fourth-order valence-electron chi connectivity index (χ4n) is 4.61. The number of nitrogens with zero attached hydrogens (tertiary/aromatic N) is 2. The third-order valence-electron chi connectivity index (χ3n) is 6.54. The van der Waals surface area contributed by atoms with Crippen LogP contribution in [0.1, 0.15) is 21.5 Å². The Kier molecular flexibility index (Phi) is 6.52. The van der Waals surface area contributed by atoms with E-state index in [1.54, 1.807) is 30.3 Å². The quantitative estimate of drug-likeness (QED) is 0.247. The number of benzene rings is 2. The molecule has 0 saturated carbocycles. The molecule has 202 valence electrons. The van der Waals surface area contributed by atoms with Gasteiger partial charge in [-0.25, -0.2) is 4.98 Å². The summed E-state index contributed by atoms with van der Waals surface area (Å²) in [5.41, 5.74) is 9.28. The minimum absolute atomic E-state index is 0.176. The molecule has 5 aromatic rings. The molecule has 4 N–H and O–H groups in total. The van der Waals surface area contributed by atoms with Crippen LogP contribution in [-0.4, -0.2) is 39.8 Å². The smallest absolute Gasteiger partial charge is 0.284 e. The van der Waals surface area contributed by atoms with E-state index in [9.17, 15) is 14.4 Å². The van der Waals surface area contributed by atoms with Crippen LogP contribution in [0.5, 0.6) is 11.5 Å². The number of methoxy groups -OCH3 is 1. The molecule has 6 rings (SSSR count). The standard InChI is InChI=1S/C28H23N5O6S/c1-37-18-9-22(19-11-24(39-23(19)10-18)20-13-31-28(32-20)40-27(29)36)38-14-15-2-3-16-6-7-33(21(16)8-15)26(35)17-4-5-25(34)30-12-17/h2-5,8-13H,6-7,14H2,1H3,(H2,29,36)(H,30,34)(H,31,32). The van der Waals surface area contributed by atoms with Gasteiger partial charge in [-0.15, -0.1) is 0 Å². The Morgan fingerprint density at radius 3 is 2.83 bits per heavy atom. The minimum Gasteiger partial charge on any atom is -0.496 e. The van der Waals surface area contributed by atoms with E-state index in [-0.39, 0.29) is 18.1 Å². The molecule has 4 heterocycles. The molecule has 1 aliphatic rings. The molecule has 0 fully saturated rings. The molecule has 1 aliphatic heterocycles. The fraction of sp³-hybridized carbons (Fsp3) is 0.143. The van der Waals surface area contributed by atoms with Crippen molar-refractivity contribution in [1.82, 2.24) is 15.0 Å². The molecular weight excluding hydrogens is 534 g/mol. The number of aromatic nitrogens is 3. The van der Waals surface area contributed by atoms with Crippen LogP contribution in [0.2, 0.25) is 0 Å². The summed E-state index contributed by atoms with van der Waals surface area (Å²) < 4.78 is 17.7. The third kappa shape index (κ3) is 4.92. The van der Waals surface area contributed by atoms with Crippen LogP contribution in [0.25, 0.3) is 22.4 Å². The van der Waals surface area contributed by atoms with Gasteiger partial charge < -0.3 is 34.5 Å². The summed E-state index contributed by atoms with van der Waals surface area (Å²) in [6, 6.07) is 14.2. The highest BCUT2D eigenvalue weighted by Crippen LogP contribution is 2.38. The van der Waals surface area contributed by atoms with Gasteiger partial charge in [-0.2, -0.15) is 0 Å². The van der Waals surface area contributed by atoms with Crippen molar-refractivity contribution in [2.24, 2.45) is 5.73 Å². The molecule has 2 aromatic carbocycles. The maximum Gasteiger partial charge on any atom is 0.284 e. The molecule has 0 radical (unpaired) electrons. The molecular formula is C28H23N5O6S. The first-order valence-corrected chi connectivity index (χ1v) is 13.1. The molecule has 2 amide bonds. The number of fused-ring (bicyclic) bond motifs is 2. The van der Waals surface area contributed by atoms with E-state index in [0.29, 0.717) is 45.8 Å². The summed E-state index contributed by atoms with van der Waals surface area (Å²) in [5, 5.41) is 0.522. The highest BCUT2D eigenvalue weighted by Gasteiger charge is 2.26. The number of carbonyl (C=O) groups excluding carboxylic acids is 2. The number of nitrogens with one attached hydrogen (secondary N) is 2. The number of amides is 2. The van der Waals surface area contributed by atoms with Crippen molar-refractivity contribution in [3.05, 3.63) is 88.0 Å². The molecule has 0 atom stereocenters. The van der Waals surface area contributed by atoms with Gasteiger partial charge in [0.05, 0.1) is 24.3 Å². The summed E-state index contributed by atoms with van der Waals surface area (Å²) in [7, 11) is 1.56. The third-order valence-corrected chi connectivity index (χ3v) is 7.14. The van der Waals surface area contributed by atoms with Crippen LogP contribution in [-0.2, 0) is 13.0 Å². The Balaban J connectivity index is 1.25. The second kappa shape index (κ2) is 10.3. The SMILES string of the molecule is COc1cc(OCc2ccc3c(c2)N(C(=O)c2ccc(=O)[nH]c2)CC3)c2cc(-c3cnc(SC(N)=O)[nH]3)oc2c1. The maximum absolute atomic E-state index is 13.1. The van der Waals surface area contributed by atoms with Gasteiger partial charge in [0, 0.05) is 48.4 Å². The zero-order valence-corrected chi connectivity index (χ0v) is 22.0. The van der Waals surface area contributed by atoms with E-state index in [1.165, 1.54) is 18.3 Å².